The van der Waals surface area contributed by atoms with Gasteiger partial charge in [-0.25, -0.2) is 4.79 Å². The second-order valence-corrected chi connectivity index (χ2v) is 5.45. The van der Waals surface area contributed by atoms with Gasteiger partial charge in [0.2, 0.25) is 0 Å². The van der Waals surface area contributed by atoms with Crippen molar-refractivity contribution in [3.8, 4) is 5.75 Å². The molecule has 4 heteroatoms. The lowest BCUT2D eigenvalue weighted by atomic mass is 10.3. The lowest BCUT2D eigenvalue weighted by molar-refractivity contribution is -0.128. The molecule has 0 atom stereocenters. The third-order valence-corrected chi connectivity index (χ3v) is 3.52. The highest BCUT2D eigenvalue weighted by atomic mass is 127. The quantitative estimate of drug-likeness (QED) is 0.360. The number of benzene rings is 1. The molecule has 0 unspecified atom stereocenters. The SMILES string of the molecule is O=C(/C=C/c1cccs1)Oc1ccc(I)cc1. The average Bonchev–Trinajstić information content (AvgIpc) is 2.83. The van der Waals surface area contributed by atoms with E-state index < -0.39 is 0 Å². The summed E-state index contributed by atoms with van der Waals surface area (Å²) in [5, 5.41) is 1.96. The van der Waals surface area contributed by atoms with E-state index in [1.54, 1.807) is 29.5 Å². The summed E-state index contributed by atoms with van der Waals surface area (Å²) >= 11 is 3.78. The van der Waals surface area contributed by atoms with Crippen molar-refractivity contribution in [2.75, 3.05) is 0 Å². The first kappa shape index (κ1) is 12.3. The molecule has 0 aliphatic rings. The molecule has 0 saturated carbocycles. The first-order valence-electron chi connectivity index (χ1n) is 4.93. The molecule has 1 aromatic heterocycles. The van der Waals surface area contributed by atoms with Crippen LogP contribution in [0.1, 0.15) is 4.88 Å². The van der Waals surface area contributed by atoms with Crippen LogP contribution in [0.15, 0.2) is 47.9 Å². The normalized spacial score (nSPS) is 10.6. The molecule has 1 aromatic carbocycles. The van der Waals surface area contributed by atoms with Gasteiger partial charge in [-0.05, 0) is 64.4 Å². The largest absolute Gasteiger partial charge is 0.423 e. The standard InChI is InChI=1S/C13H9IO2S/c14-10-3-5-11(6-4-10)16-13(15)8-7-12-2-1-9-17-12/h1-9H/b8-7+. The number of carbonyl (C=O) groups is 1. The highest BCUT2D eigenvalue weighted by molar-refractivity contribution is 14.1. The Bertz CT molecular complexity index is 515. The Kier molecular flexibility index (Phi) is 4.33. The Labute approximate surface area is 117 Å². The van der Waals surface area contributed by atoms with Gasteiger partial charge in [0.25, 0.3) is 0 Å². The predicted molar refractivity (Wildman–Crippen MR) is 78.1 cm³/mol. The van der Waals surface area contributed by atoms with Gasteiger partial charge in [0.05, 0.1) is 0 Å². The monoisotopic (exact) mass is 356 g/mol. The van der Waals surface area contributed by atoms with E-state index in [9.17, 15) is 4.79 Å². The van der Waals surface area contributed by atoms with E-state index in [1.807, 2.05) is 29.6 Å². The third kappa shape index (κ3) is 3.98. The first-order valence-corrected chi connectivity index (χ1v) is 6.89. The zero-order chi connectivity index (χ0) is 12.1. The fourth-order valence-corrected chi connectivity index (χ4v) is 2.17. The van der Waals surface area contributed by atoms with Gasteiger partial charge >= 0.3 is 5.97 Å². The topological polar surface area (TPSA) is 26.3 Å². The Morgan fingerprint density at radius 1 is 1.24 bits per heavy atom. The number of ether oxygens (including phenoxy) is 1. The third-order valence-electron chi connectivity index (χ3n) is 1.96. The maximum Gasteiger partial charge on any atom is 0.336 e. The molecule has 2 rings (SSSR count). The van der Waals surface area contributed by atoms with Gasteiger partial charge in [-0.3, -0.25) is 0 Å². The molecule has 0 saturated heterocycles. The summed E-state index contributed by atoms with van der Waals surface area (Å²) in [5.74, 6) is 0.200. The molecule has 0 bridgehead atoms. The van der Waals surface area contributed by atoms with Crippen LogP contribution in [0.4, 0.5) is 0 Å². The van der Waals surface area contributed by atoms with Gasteiger partial charge in [-0.15, -0.1) is 11.3 Å². The molecule has 0 radical (unpaired) electrons. The summed E-state index contributed by atoms with van der Waals surface area (Å²) in [5.41, 5.74) is 0. The summed E-state index contributed by atoms with van der Waals surface area (Å²) in [6.45, 7) is 0. The van der Waals surface area contributed by atoms with Crippen LogP contribution >= 0.6 is 33.9 Å². The fraction of sp³-hybridized carbons (Fsp3) is 0. The van der Waals surface area contributed by atoms with Crippen molar-refractivity contribution in [2.24, 2.45) is 0 Å². The van der Waals surface area contributed by atoms with Crippen LogP contribution in [0.2, 0.25) is 0 Å². The Balaban J connectivity index is 1.95. The van der Waals surface area contributed by atoms with Crippen LogP contribution < -0.4 is 4.74 Å². The van der Waals surface area contributed by atoms with E-state index in [2.05, 4.69) is 22.6 Å². The zero-order valence-electron chi connectivity index (χ0n) is 8.80. The summed E-state index contributed by atoms with van der Waals surface area (Å²) < 4.78 is 6.25. The van der Waals surface area contributed by atoms with Crippen LogP contribution in [-0.2, 0) is 4.79 Å². The van der Waals surface area contributed by atoms with Crippen molar-refractivity contribution in [1.82, 2.24) is 0 Å². The van der Waals surface area contributed by atoms with Crippen molar-refractivity contribution in [1.29, 1.82) is 0 Å². The molecule has 2 nitrogen and oxygen atoms in total. The minimum atomic E-state index is -0.361. The van der Waals surface area contributed by atoms with Crippen molar-refractivity contribution < 1.29 is 9.53 Å². The minimum absolute atomic E-state index is 0.361. The number of hydrogen-bond donors (Lipinski definition) is 0. The number of rotatable bonds is 3. The van der Waals surface area contributed by atoms with Crippen LogP contribution in [0.5, 0.6) is 5.75 Å². The van der Waals surface area contributed by atoms with Crippen LogP contribution in [0, 0.1) is 3.57 Å². The maximum atomic E-state index is 11.5. The van der Waals surface area contributed by atoms with Gasteiger partial charge in [0.15, 0.2) is 0 Å². The van der Waals surface area contributed by atoms with Crippen molar-refractivity contribution in [3.05, 3.63) is 56.3 Å². The minimum Gasteiger partial charge on any atom is -0.423 e. The van der Waals surface area contributed by atoms with E-state index in [1.165, 1.54) is 6.08 Å². The highest BCUT2D eigenvalue weighted by Gasteiger charge is 2.00. The molecule has 0 spiro atoms. The summed E-state index contributed by atoms with van der Waals surface area (Å²) in [4.78, 5) is 12.5. The Hall–Kier alpha value is -1.14. The van der Waals surface area contributed by atoms with Gasteiger partial charge in [-0.2, -0.15) is 0 Å². The maximum absolute atomic E-state index is 11.5. The molecular formula is C13H9IO2S. The molecule has 1 heterocycles. The van der Waals surface area contributed by atoms with Crippen molar-refractivity contribution in [3.63, 3.8) is 0 Å². The van der Waals surface area contributed by atoms with E-state index in [0.29, 0.717) is 5.75 Å². The van der Waals surface area contributed by atoms with Gasteiger partial charge < -0.3 is 4.74 Å². The Morgan fingerprint density at radius 2 is 2.00 bits per heavy atom. The summed E-state index contributed by atoms with van der Waals surface area (Å²) in [7, 11) is 0. The van der Waals surface area contributed by atoms with Crippen molar-refractivity contribution in [2.45, 2.75) is 0 Å². The van der Waals surface area contributed by atoms with E-state index >= 15 is 0 Å². The predicted octanol–water partition coefficient (Wildman–Crippen LogP) is 3.97. The summed E-state index contributed by atoms with van der Waals surface area (Å²) in [6.07, 6.45) is 3.18. The summed E-state index contributed by atoms with van der Waals surface area (Å²) in [6, 6.07) is 11.2. The molecule has 17 heavy (non-hydrogen) atoms. The fourth-order valence-electron chi connectivity index (χ4n) is 1.19. The number of hydrogen-bond acceptors (Lipinski definition) is 3. The molecule has 0 aliphatic heterocycles. The second kappa shape index (κ2) is 5.97. The molecular weight excluding hydrogens is 347 g/mol. The van der Waals surface area contributed by atoms with E-state index in [4.69, 9.17) is 4.74 Å². The first-order chi connectivity index (χ1) is 8.24. The van der Waals surface area contributed by atoms with E-state index in [0.717, 1.165) is 8.45 Å². The van der Waals surface area contributed by atoms with E-state index in [-0.39, 0.29) is 5.97 Å². The highest BCUT2D eigenvalue weighted by Crippen LogP contribution is 2.14. The molecule has 0 aliphatic carbocycles. The van der Waals surface area contributed by atoms with Crippen LogP contribution in [0.25, 0.3) is 6.08 Å². The molecule has 2 aromatic rings. The van der Waals surface area contributed by atoms with Gasteiger partial charge in [-0.1, -0.05) is 6.07 Å². The number of carbonyl (C=O) groups excluding carboxylic acids is 1. The number of halogens is 1. The zero-order valence-corrected chi connectivity index (χ0v) is 11.8. The second-order valence-electron chi connectivity index (χ2n) is 3.22. The Morgan fingerprint density at radius 3 is 2.65 bits per heavy atom. The van der Waals surface area contributed by atoms with Crippen LogP contribution in [-0.4, -0.2) is 5.97 Å². The van der Waals surface area contributed by atoms with Crippen LogP contribution in [0.3, 0.4) is 0 Å². The molecule has 0 amide bonds. The molecule has 0 N–H and O–H groups in total. The average molecular weight is 356 g/mol. The number of thiophene rings is 1. The molecule has 0 fully saturated rings. The lowest BCUT2D eigenvalue weighted by Crippen LogP contribution is -2.03. The lowest BCUT2D eigenvalue weighted by Gasteiger charge is -2.00. The van der Waals surface area contributed by atoms with Gasteiger partial charge in [0.1, 0.15) is 5.75 Å². The molecule has 86 valence electrons. The smallest absolute Gasteiger partial charge is 0.336 e. The van der Waals surface area contributed by atoms with Gasteiger partial charge in [0, 0.05) is 14.5 Å². The number of esters is 1. The van der Waals surface area contributed by atoms with Crippen molar-refractivity contribution >= 4 is 46.0 Å².